The predicted octanol–water partition coefficient (Wildman–Crippen LogP) is 1.05. The summed E-state index contributed by atoms with van der Waals surface area (Å²) in [6, 6.07) is 11.1. The number of carbonyl (C=O) groups excluding carboxylic acids is 2. The topological polar surface area (TPSA) is 87.7 Å². The minimum Gasteiger partial charge on any atom is -0.373 e. The molecule has 154 valence electrons. The lowest BCUT2D eigenvalue weighted by Gasteiger charge is -2.41. The van der Waals surface area contributed by atoms with Gasteiger partial charge in [-0.05, 0) is 32.6 Å². The number of hydrogen-bond acceptors (Lipinski definition) is 6. The molecule has 1 N–H and O–H groups in total. The van der Waals surface area contributed by atoms with Gasteiger partial charge in [0.2, 0.25) is 5.91 Å². The molecule has 0 aliphatic carbocycles. The van der Waals surface area contributed by atoms with Crippen molar-refractivity contribution in [3.05, 3.63) is 59.4 Å². The van der Waals surface area contributed by atoms with Crippen LogP contribution in [0.4, 0.5) is 0 Å². The van der Waals surface area contributed by atoms with Crippen molar-refractivity contribution in [2.45, 2.75) is 19.1 Å². The van der Waals surface area contributed by atoms with Gasteiger partial charge in [-0.15, -0.1) is 0 Å². The maximum atomic E-state index is 12.9. The molecule has 1 aliphatic heterocycles. The number of benzene rings is 1. The monoisotopic (exact) mass is 397 g/mol. The Labute approximate surface area is 170 Å². The Hall–Kier alpha value is -2.84. The molecular formula is C21H27N5O3. The van der Waals surface area contributed by atoms with Crippen molar-refractivity contribution in [3.63, 3.8) is 0 Å². The van der Waals surface area contributed by atoms with Crippen LogP contribution in [0.25, 0.3) is 0 Å². The molecule has 29 heavy (non-hydrogen) atoms. The van der Waals surface area contributed by atoms with E-state index in [1.54, 1.807) is 13.0 Å². The summed E-state index contributed by atoms with van der Waals surface area (Å²) in [5.74, 6) is -0.113. The Kier molecular flexibility index (Phi) is 6.90. The number of aryl methyl sites for hydroxylation is 1. The average Bonchev–Trinajstić information content (AvgIpc) is 2.67. The number of ether oxygens (including phenoxy) is 1. The summed E-state index contributed by atoms with van der Waals surface area (Å²) in [5, 5.41) is 10.4. The Bertz CT molecular complexity index is 837. The first-order valence-corrected chi connectivity index (χ1v) is 9.65. The van der Waals surface area contributed by atoms with E-state index in [0.717, 1.165) is 5.56 Å². The van der Waals surface area contributed by atoms with E-state index in [0.29, 0.717) is 37.5 Å². The van der Waals surface area contributed by atoms with E-state index in [4.69, 9.17) is 4.74 Å². The zero-order chi connectivity index (χ0) is 20.8. The molecule has 8 nitrogen and oxygen atoms in total. The SMILES string of the molecule is Cc1nnccc1C(=O)NCCOC1CN(C(=O)[C@@H](c2ccccc2)N(C)C)C1. The predicted molar refractivity (Wildman–Crippen MR) is 108 cm³/mol. The smallest absolute Gasteiger partial charge is 0.253 e. The van der Waals surface area contributed by atoms with E-state index in [-0.39, 0.29) is 24.0 Å². The molecule has 1 aliphatic rings. The molecule has 8 heteroatoms. The molecule has 1 aromatic heterocycles. The van der Waals surface area contributed by atoms with Gasteiger partial charge in [-0.25, -0.2) is 0 Å². The van der Waals surface area contributed by atoms with Crippen LogP contribution < -0.4 is 5.32 Å². The Balaban J connectivity index is 1.40. The van der Waals surface area contributed by atoms with Gasteiger partial charge in [-0.3, -0.25) is 14.5 Å². The minimum absolute atomic E-state index is 0.00114. The number of likely N-dealkylation sites (N-methyl/N-ethyl adjacent to an activating group) is 1. The van der Waals surface area contributed by atoms with Gasteiger partial charge in [0.25, 0.3) is 5.91 Å². The summed E-state index contributed by atoms with van der Waals surface area (Å²) in [7, 11) is 3.82. The molecule has 0 bridgehead atoms. The lowest BCUT2D eigenvalue weighted by Crippen LogP contribution is -2.57. The fraction of sp³-hybridized carbons (Fsp3) is 0.429. The average molecular weight is 397 g/mol. The molecule has 1 aromatic carbocycles. The van der Waals surface area contributed by atoms with Gasteiger partial charge >= 0.3 is 0 Å². The van der Waals surface area contributed by atoms with Gasteiger partial charge in [0.1, 0.15) is 6.04 Å². The van der Waals surface area contributed by atoms with E-state index in [2.05, 4.69) is 15.5 Å². The van der Waals surface area contributed by atoms with Crippen LogP contribution in [0.5, 0.6) is 0 Å². The Morgan fingerprint density at radius 3 is 2.62 bits per heavy atom. The third-order valence-corrected chi connectivity index (χ3v) is 4.92. The van der Waals surface area contributed by atoms with Crippen LogP contribution in [0.3, 0.4) is 0 Å². The molecule has 1 atom stereocenters. The summed E-state index contributed by atoms with van der Waals surface area (Å²) in [6.07, 6.45) is 1.49. The van der Waals surface area contributed by atoms with Crippen molar-refractivity contribution in [3.8, 4) is 0 Å². The largest absolute Gasteiger partial charge is 0.373 e. The van der Waals surface area contributed by atoms with Crippen molar-refractivity contribution < 1.29 is 14.3 Å². The molecule has 0 radical (unpaired) electrons. The van der Waals surface area contributed by atoms with E-state index in [1.165, 1.54) is 6.20 Å². The highest BCUT2D eigenvalue weighted by Gasteiger charge is 2.36. The minimum atomic E-state index is -0.298. The van der Waals surface area contributed by atoms with Crippen LogP contribution in [-0.4, -0.2) is 78.3 Å². The van der Waals surface area contributed by atoms with Gasteiger partial charge in [0.15, 0.2) is 0 Å². The van der Waals surface area contributed by atoms with E-state index >= 15 is 0 Å². The standard InChI is InChI=1S/C21H27N5O3/c1-15-18(9-10-23-24-15)20(27)22-11-12-29-17-13-26(14-17)21(28)19(25(2)3)16-7-5-4-6-8-16/h4-10,17,19H,11-14H2,1-3H3,(H,22,27)/t19-/m1/s1. The normalized spacial score (nSPS) is 15.1. The second kappa shape index (κ2) is 9.58. The second-order valence-corrected chi connectivity index (χ2v) is 7.30. The highest BCUT2D eigenvalue weighted by molar-refractivity contribution is 5.95. The quantitative estimate of drug-likeness (QED) is 0.670. The van der Waals surface area contributed by atoms with Gasteiger partial charge in [-0.1, -0.05) is 30.3 Å². The van der Waals surface area contributed by atoms with Crippen molar-refractivity contribution in [2.24, 2.45) is 0 Å². The van der Waals surface area contributed by atoms with Crippen molar-refractivity contribution in [1.29, 1.82) is 0 Å². The van der Waals surface area contributed by atoms with Crippen LogP contribution >= 0.6 is 0 Å². The maximum Gasteiger partial charge on any atom is 0.253 e. The number of hydrogen-bond donors (Lipinski definition) is 1. The molecule has 2 aromatic rings. The van der Waals surface area contributed by atoms with Gasteiger partial charge < -0.3 is 15.0 Å². The van der Waals surface area contributed by atoms with E-state index < -0.39 is 0 Å². The summed E-state index contributed by atoms with van der Waals surface area (Å²) in [5.41, 5.74) is 2.08. The molecule has 2 amide bonds. The number of nitrogens with zero attached hydrogens (tertiary/aromatic N) is 4. The molecule has 0 saturated carbocycles. The number of aromatic nitrogens is 2. The van der Waals surface area contributed by atoms with Gasteiger partial charge in [-0.2, -0.15) is 10.2 Å². The highest BCUT2D eigenvalue weighted by Crippen LogP contribution is 2.24. The van der Waals surface area contributed by atoms with Crippen molar-refractivity contribution in [1.82, 2.24) is 25.3 Å². The summed E-state index contributed by atoms with van der Waals surface area (Å²) >= 11 is 0. The molecule has 1 fully saturated rings. The second-order valence-electron chi connectivity index (χ2n) is 7.30. The van der Waals surface area contributed by atoms with Crippen LogP contribution in [0.1, 0.15) is 27.7 Å². The first-order chi connectivity index (χ1) is 14.0. The fourth-order valence-electron chi connectivity index (χ4n) is 3.32. The highest BCUT2D eigenvalue weighted by atomic mass is 16.5. The fourth-order valence-corrected chi connectivity index (χ4v) is 3.32. The third-order valence-electron chi connectivity index (χ3n) is 4.92. The summed E-state index contributed by atoms with van der Waals surface area (Å²) in [4.78, 5) is 28.7. The first kappa shape index (κ1) is 20.9. The zero-order valence-electron chi connectivity index (χ0n) is 17.0. The van der Waals surface area contributed by atoms with E-state index in [1.807, 2.05) is 54.2 Å². The molecule has 0 unspecified atom stereocenters. The Morgan fingerprint density at radius 1 is 1.24 bits per heavy atom. The van der Waals surface area contributed by atoms with Crippen molar-refractivity contribution in [2.75, 3.05) is 40.3 Å². The van der Waals surface area contributed by atoms with Crippen LogP contribution in [0, 0.1) is 6.92 Å². The number of amides is 2. The first-order valence-electron chi connectivity index (χ1n) is 9.65. The number of nitrogens with one attached hydrogen (secondary N) is 1. The molecule has 3 rings (SSSR count). The molecule has 1 saturated heterocycles. The third kappa shape index (κ3) is 5.16. The number of carbonyl (C=O) groups is 2. The summed E-state index contributed by atoms with van der Waals surface area (Å²) in [6.45, 7) is 3.67. The molecular weight excluding hydrogens is 370 g/mol. The van der Waals surface area contributed by atoms with E-state index in [9.17, 15) is 9.59 Å². The van der Waals surface area contributed by atoms with Crippen LogP contribution in [0.2, 0.25) is 0 Å². The van der Waals surface area contributed by atoms with Crippen LogP contribution in [0.15, 0.2) is 42.6 Å². The van der Waals surface area contributed by atoms with Gasteiger partial charge in [0, 0.05) is 19.6 Å². The zero-order valence-corrected chi connectivity index (χ0v) is 17.0. The number of rotatable bonds is 8. The molecule has 2 heterocycles. The lowest BCUT2D eigenvalue weighted by atomic mass is 10.0. The molecule has 0 spiro atoms. The maximum absolute atomic E-state index is 12.9. The van der Waals surface area contributed by atoms with Crippen molar-refractivity contribution >= 4 is 11.8 Å². The van der Waals surface area contributed by atoms with Gasteiger partial charge in [0.05, 0.1) is 30.2 Å². The number of likely N-dealkylation sites (tertiary alicyclic amines) is 1. The summed E-state index contributed by atoms with van der Waals surface area (Å²) < 4.78 is 5.77. The van der Waals surface area contributed by atoms with Crippen LogP contribution in [-0.2, 0) is 9.53 Å². The Morgan fingerprint density at radius 2 is 1.97 bits per heavy atom. The lowest BCUT2D eigenvalue weighted by molar-refractivity contribution is -0.150.